The topological polar surface area (TPSA) is 96.5 Å². The molecule has 0 aliphatic carbocycles. The van der Waals surface area contributed by atoms with Gasteiger partial charge >= 0.3 is 6.09 Å². The molecule has 0 aliphatic rings. The van der Waals surface area contributed by atoms with Crippen LogP contribution in [-0.2, 0) is 16.1 Å². The van der Waals surface area contributed by atoms with Gasteiger partial charge in [-0.15, -0.1) is 11.3 Å². The van der Waals surface area contributed by atoms with Crippen molar-refractivity contribution >= 4 is 34.9 Å². The average molecular weight is 404 g/mol. The van der Waals surface area contributed by atoms with Gasteiger partial charge in [0.2, 0.25) is 5.91 Å². The van der Waals surface area contributed by atoms with E-state index in [1.54, 1.807) is 32.9 Å². The number of hydrogen-bond acceptors (Lipinski definition) is 5. The van der Waals surface area contributed by atoms with E-state index in [1.807, 2.05) is 29.6 Å². The number of amides is 3. The van der Waals surface area contributed by atoms with Gasteiger partial charge in [-0.3, -0.25) is 9.59 Å². The standard InChI is InChI=1S/C20H25N3O4S/c1-20(2,3)27-19(26)21-10-9-17(24)22-13-14-6-4-7-15(12-14)23-18(25)16-8-5-11-28-16/h4-8,11-12H,9-10,13H2,1-3H3,(H,21,26)(H,22,24)(H,23,25). The molecule has 0 fully saturated rings. The minimum absolute atomic E-state index is 0.147. The Morgan fingerprint density at radius 3 is 2.54 bits per heavy atom. The highest BCUT2D eigenvalue weighted by molar-refractivity contribution is 7.12. The first kappa shape index (κ1) is 21.4. The molecule has 2 rings (SSSR count). The molecule has 0 radical (unpaired) electrons. The first-order valence-electron chi connectivity index (χ1n) is 8.90. The van der Waals surface area contributed by atoms with Crippen molar-refractivity contribution in [1.29, 1.82) is 0 Å². The first-order valence-corrected chi connectivity index (χ1v) is 9.78. The summed E-state index contributed by atoms with van der Waals surface area (Å²) >= 11 is 1.37. The predicted molar refractivity (Wildman–Crippen MR) is 109 cm³/mol. The lowest BCUT2D eigenvalue weighted by atomic mass is 10.2. The molecule has 3 N–H and O–H groups in total. The Balaban J connectivity index is 1.74. The van der Waals surface area contributed by atoms with Crippen LogP contribution in [0.25, 0.3) is 0 Å². The fraction of sp³-hybridized carbons (Fsp3) is 0.350. The second-order valence-electron chi connectivity index (χ2n) is 7.09. The zero-order chi connectivity index (χ0) is 20.6. The summed E-state index contributed by atoms with van der Waals surface area (Å²) in [5.41, 5.74) is 0.949. The van der Waals surface area contributed by atoms with Crippen molar-refractivity contribution in [3.63, 3.8) is 0 Å². The van der Waals surface area contributed by atoms with Gasteiger partial charge in [-0.2, -0.15) is 0 Å². The summed E-state index contributed by atoms with van der Waals surface area (Å²) in [4.78, 5) is 36.2. The number of alkyl carbamates (subject to hydrolysis) is 1. The van der Waals surface area contributed by atoms with E-state index in [1.165, 1.54) is 11.3 Å². The van der Waals surface area contributed by atoms with E-state index in [2.05, 4.69) is 16.0 Å². The molecule has 8 heteroatoms. The number of carbonyl (C=O) groups is 3. The predicted octanol–water partition coefficient (Wildman–Crippen LogP) is 3.53. The third kappa shape index (κ3) is 7.79. The van der Waals surface area contributed by atoms with Gasteiger partial charge in [0.1, 0.15) is 5.60 Å². The largest absolute Gasteiger partial charge is 0.444 e. The molecule has 1 aromatic heterocycles. The molecule has 0 bridgehead atoms. The molecular weight excluding hydrogens is 378 g/mol. The summed E-state index contributed by atoms with van der Waals surface area (Å²) in [7, 11) is 0. The number of anilines is 1. The lowest BCUT2D eigenvalue weighted by Crippen LogP contribution is -2.35. The smallest absolute Gasteiger partial charge is 0.407 e. The van der Waals surface area contributed by atoms with Crippen molar-refractivity contribution in [3.05, 3.63) is 52.2 Å². The average Bonchev–Trinajstić information content (AvgIpc) is 3.13. The van der Waals surface area contributed by atoms with Crippen molar-refractivity contribution in [2.24, 2.45) is 0 Å². The number of rotatable bonds is 7. The summed E-state index contributed by atoms with van der Waals surface area (Å²) in [6, 6.07) is 10.9. The summed E-state index contributed by atoms with van der Waals surface area (Å²) < 4.78 is 5.10. The van der Waals surface area contributed by atoms with Crippen LogP contribution in [-0.4, -0.2) is 30.1 Å². The van der Waals surface area contributed by atoms with Crippen LogP contribution in [0.2, 0.25) is 0 Å². The minimum atomic E-state index is -0.573. The highest BCUT2D eigenvalue weighted by Gasteiger charge is 2.15. The molecule has 0 aliphatic heterocycles. The van der Waals surface area contributed by atoms with Crippen LogP contribution in [0.4, 0.5) is 10.5 Å². The van der Waals surface area contributed by atoms with Crippen molar-refractivity contribution in [2.75, 3.05) is 11.9 Å². The van der Waals surface area contributed by atoms with E-state index >= 15 is 0 Å². The number of carbonyl (C=O) groups excluding carboxylic acids is 3. The third-order valence-electron chi connectivity index (χ3n) is 3.44. The normalized spacial score (nSPS) is 10.8. The SMILES string of the molecule is CC(C)(C)OC(=O)NCCC(=O)NCc1cccc(NC(=O)c2cccs2)c1. The fourth-order valence-electron chi connectivity index (χ4n) is 2.24. The summed E-state index contributed by atoms with van der Waals surface area (Å²) in [6.07, 6.45) is -0.400. The van der Waals surface area contributed by atoms with Crippen molar-refractivity contribution in [1.82, 2.24) is 10.6 Å². The monoisotopic (exact) mass is 403 g/mol. The van der Waals surface area contributed by atoms with E-state index in [0.717, 1.165) is 5.56 Å². The lowest BCUT2D eigenvalue weighted by Gasteiger charge is -2.19. The Labute approximate surface area is 168 Å². The van der Waals surface area contributed by atoms with Gasteiger partial charge in [-0.25, -0.2) is 4.79 Å². The van der Waals surface area contributed by atoms with Gasteiger partial charge in [-0.1, -0.05) is 18.2 Å². The molecule has 0 saturated heterocycles. The lowest BCUT2D eigenvalue weighted by molar-refractivity contribution is -0.121. The second-order valence-corrected chi connectivity index (χ2v) is 8.03. The second kappa shape index (κ2) is 9.89. The maximum atomic E-state index is 12.1. The molecule has 150 valence electrons. The molecule has 2 aromatic rings. The third-order valence-corrected chi connectivity index (χ3v) is 4.31. The van der Waals surface area contributed by atoms with E-state index in [-0.39, 0.29) is 24.8 Å². The first-order chi connectivity index (χ1) is 13.2. The Kier molecular flexibility index (Phi) is 7.57. The highest BCUT2D eigenvalue weighted by Crippen LogP contribution is 2.15. The maximum absolute atomic E-state index is 12.1. The van der Waals surface area contributed by atoms with Crippen LogP contribution >= 0.6 is 11.3 Å². The van der Waals surface area contributed by atoms with Crippen molar-refractivity contribution < 1.29 is 19.1 Å². The Bertz CT molecular complexity index is 813. The summed E-state index contributed by atoms with van der Waals surface area (Å²) in [5.74, 6) is -0.353. The molecule has 3 amide bonds. The van der Waals surface area contributed by atoms with Gasteiger partial charge in [0.15, 0.2) is 0 Å². The quantitative estimate of drug-likeness (QED) is 0.659. The Morgan fingerprint density at radius 1 is 1.07 bits per heavy atom. The van der Waals surface area contributed by atoms with Gasteiger partial charge in [-0.05, 0) is 49.9 Å². The zero-order valence-electron chi connectivity index (χ0n) is 16.2. The van der Waals surface area contributed by atoms with Crippen LogP contribution < -0.4 is 16.0 Å². The number of benzene rings is 1. The van der Waals surface area contributed by atoms with Gasteiger partial charge < -0.3 is 20.7 Å². The summed E-state index contributed by atoms with van der Waals surface area (Å²) in [5, 5.41) is 10.0. The molecule has 0 saturated carbocycles. The number of ether oxygens (including phenoxy) is 1. The molecule has 1 heterocycles. The Hall–Kier alpha value is -2.87. The number of thiophene rings is 1. The molecule has 0 spiro atoms. The van der Waals surface area contributed by atoms with Gasteiger partial charge in [0, 0.05) is 25.2 Å². The number of nitrogens with one attached hydrogen (secondary N) is 3. The Morgan fingerprint density at radius 2 is 1.86 bits per heavy atom. The maximum Gasteiger partial charge on any atom is 0.407 e. The van der Waals surface area contributed by atoms with Crippen molar-refractivity contribution in [2.45, 2.75) is 39.3 Å². The van der Waals surface area contributed by atoms with Gasteiger partial charge in [0.05, 0.1) is 4.88 Å². The van der Waals surface area contributed by atoms with Crippen LogP contribution in [0.15, 0.2) is 41.8 Å². The molecule has 28 heavy (non-hydrogen) atoms. The molecule has 0 atom stereocenters. The molecule has 1 aromatic carbocycles. The molecule has 7 nitrogen and oxygen atoms in total. The fourth-order valence-corrected chi connectivity index (χ4v) is 2.86. The number of hydrogen-bond donors (Lipinski definition) is 3. The van der Waals surface area contributed by atoms with E-state index in [9.17, 15) is 14.4 Å². The van der Waals surface area contributed by atoms with E-state index in [4.69, 9.17) is 4.74 Å². The summed E-state index contributed by atoms with van der Waals surface area (Å²) in [6.45, 7) is 5.84. The molecule has 0 unspecified atom stereocenters. The minimum Gasteiger partial charge on any atom is -0.444 e. The molecular formula is C20H25N3O4S. The van der Waals surface area contributed by atoms with Crippen LogP contribution in [0, 0.1) is 0 Å². The zero-order valence-corrected chi connectivity index (χ0v) is 17.0. The van der Waals surface area contributed by atoms with Crippen LogP contribution in [0.5, 0.6) is 0 Å². The van der Waals surface area contributed by atoms with E-state index in [0.29, 0.717) is 17.1 Å². The highest BCUT2D eigenvalue weighted by atomic mass is 32.1. The van der Waals surface area contributed by atoms with Crippen molar-refractivity contribution in [3.8, 4) is 0 Å². The van der Waals surface area contributed by atoms with Gasteiger partial charge in [0.25, 0.3) is 5.91 Å². The van der Waals surface area contributed by atoms with Crippen LogP contribution in [0.3, 0.4) is 0 Å². The van der Waals surface area contributed by atoms with E-state index < -0.39 is 11.7 Å². The van der Waals surface area contributed by atoms with Crippen LogP contribution in [0.1, 0.15) is 42.4 Å².